The van der Waals surface area contributed by atoms with Gasteiger partial charge in [0.2, 0.25) is 0 Å². The van der Waals surface area contributed by atoms with Crippen LogP contribution in [0.25, 0.3) is 0 Å². The van der Waals surface area contributed by atoms with Crippen molar-refractivity contribution in [2.75, 3.05) is 40.8 Å². The molecule has 0 unspecified atom stereocenters. The van der Waals surface area contributed by atoms with Gasteiger partial charge in [-0.2, -0.15) is 0 Å². The van der Waals surface area contributed by atoms with Crippen LogP contribution in [0, 0.1) is 0 Å². The molecule has 0 aliphatic heterocycles. The van der Waals surface area contributed by atoms with Gasteiger partial charge in [-0.3, -0.25) is 9.59 Å². The van der Waals surface area contributed by atoms with Crippen molar-refractivity contribution in [2.24, 2.45) is 0 Å². The van der Waals surface area contributed by atoms with Gasteiger partial charge in [-0.25, -0.2) is 4.98 Å². The summed E-state index contributed by atoms with van der Waals surface area (Å²) in [5.41, 5.74) is 1.56. The molecule has 1 aromatic heterocycles. The number of nitrogens with one attached hydrogen (secondary N) is 2. The lowest BCUT2D eigenvalue weighted by Gasteiger charge is -2.10. The van der Waals surface area contributed by atoms with Crippen molar-refractivity contribution in [3.8, 4) is 5.75 Å². The number of hydrogen-bond donors (Lipinski definition) is 2. The molecule has 144 valence electrons. The van der Waals surface area contributed by atoms with Gasteiger partial charge in [-0.1, -0.05) is 18.2 Å². The highest BCUT2D eigenvalue weighted by atomic mass is 16.5. The number of nitrogens with zero attached hydrogens (tertiary/aromatic N) is 2. The zero-order valence-electron chi connectivity index (χ0n) is 16.0. The van der Waals surface area contributed by atoms with E-state index in [1.165, 1.54) is 0 Å². The van der Waals surface area contributed by atoms with E-state index in [9.17, 15) is 9.59 Å². The van der Waals surface area contributed by atoms with E-state index < -0.39 is 0 Å². The van der Waals surface area contributed by atoms with Crippen molar-refractivity contribution >= 4 is 11.8 Å². The third kappa shape index (κ3) is 6.71. The minimum absolute atomic E-state index is 0.227. The van der Waals surface area contributed by atoms with E-state index >= 15 is 0 Å². The zero-order valence-corrected chi connectivity index (χ0v) is 16.0. The van der Waals surface area contributed by atoms with Crippen molar-refractivity contribution in [3.63, 3.8) is 0 Å². The molecule has 0 aliphatic carbocycles. The number of benzene rings is 1. The number of pyridine rings is 1. The molecule has 0 fully saturated rings. The van der Waals surface area contributed by atoms with Crippen LogP contribution in [-0.4, -0.2) is 62.5 Å². The first-order chi connectivity index (χ1) is 13.0. The number of likely N-dealkylation sites (N-methyl/N-ethyl adjacent to an activating group) is 1. The van der Waals surface area contributed by atoms with Gasteiger partial charge in [0.05, 0.1) is 7.11 Å². The van der Waals surface area contributed by atoms with Gasteiger partial charge in [0.15, 0.2) is 0 Å². The summed E-state index contributed by atoms with van der Waals surface area (Å²) in [5.74, 6) is 0.212. The smallest absolute Gasteiger partial charge is 0.269 e. The first-order valence-electron chi connectivity index (χ1n) is 8.80. The fourth-order valence-electron chi connectivity index (χ4n) is 2.37. The molecule has 2 aromatic rings. The average molecular weight is 370 g/mol. The monoisotopic (exact) mass is 370 g/mol. The molecular weight excluding hydrogens is 344 g/mol. The quantitative estimate of drug-likeness (QED) is 0.696. The van der Waals surface area contributed by atoms with Crippen molar-refractivity contribution in [1.82, 2.24) is 20.5 Å². The maximum absolute atomic E-state index is 12.3. The lowest BCUT2D eigenvalue weighted by atomic mass is 10.1. The third-order valence-electron chi connectivity index (χ3n) is 3.92. The number of carbonyl (C=O) groups excluding carboxylic acids is 2. The summed E-state index contributed by atoms with van der Waals surface area (Å²) in [6, 6.07) is 12.5. The Bertz CT molecular complexity index is 760. The van der Waals surface area contributed by atoms with E-state index in [0.717, 1.165) is 17.9 Å². The number of ether oxygens (including phenoxy) is 1. The maximum Gasteiger partial charge on any atom is 0.269 e. The topological polar surface area (TPSA) is 83.6 Å². The van der Waals surface area contributed by atoms with Crippen molar-refractivity contribution in [1.29, 1.82) is 0 Å². The van der Waals surface area contributed by atoms with Gasteiger partial charge < -0.3 is 20.3 Å². The average Bonchev–Trinajstić information content (AvgIpc) is 2.68. The molecule has 1 aromatic carbocycles. The molecule has 2 rings (SSSR count). The highest BCUT2D eigenvalue weighted by Crippen LogP contribution is 2.11. The van der Waals surface area contributed by atoms with Gasteiger partial charge in [-0.15, -0.1) is 0 Å². The summed E-state index contributed by atoms with van der Waals surface area (Å²) >= 11 is 0. The van der Waals surface area contributed by atoms with Crippen LogP contribution in [0.5, 0.6) is 5.75 Å². The highest BCUT2D eigenvalue weighted by molar-refractivity contribution is 5.96. The number of carbonyl (C=O) groups is 2. The number of rotatable bonds is 9. The minimum atomic E-state index is -0.300. The second-order valence-corrected chi connectivity index (χ2v) is 6.32. The Balaban J connectivity index is 1.85. The molecule has 1 heterocycles. The predicted octanol–water partition coefficient (Wildman–Crippen LogP) is 1.35. The van der Waals surface area contributed by atoms with Crippen LogP contribution in [0.4, 0.5) is 0 Å². The van der Waals surface area contributed by atoms with E-state index in [4.69, 9.17) is 4.74 Å². The third-order valence-corrected chi connectivity index (χ3v) is 3.92. The lowest BCUT2D eigenvalue weighted by molar-refractivity contribution is 0.0943. The highest BCUT2D eigenvalue weighted by Gasteiger charge is 2.12. The molecule has 0 radical (unpaired) electrons. The Labute approximate surface area is 159 Å². The van der Waals surface area contributed by atoms with Crippen LogP contribution < -0.4 is 15.4 Å². The van der Waals surface area contributed by atoms with E-state index in [-0.39, 0.29) is 23.2 Å². The van der Waals surface area contributed by atoms with E-state index in [1.807, 2.05) is 43.3 Å². The second kappa shape index (κ2) is 10.3. The normalized spacial score (nSPS) is 10.5. The molecule has 0 atom stereocenters. The number of hydrogen-bond acceptors (Lipinski definition) is 5. The number of methoxy groups -OCH3 is 1. The Morgan fingerprint density at radius 3 is 2.11 bits per heavy atom. The molecule has 0 spiro atoms. The second-order valence-electron chi connectivity index (χ2n) is 6.32. The van der Waals surface area contributed by atoms with Crippen LogP contribution in [0.3, 0.4) is 0 Å². The Kier molecular flexibility index (Phi) is 7.76. The fourth-order valence-corrected chi connectivity index (χ4v) is 2.37. The van der Waals surface area contributed by atoms with E-state index in [1.54, 1.807) is 25.3 Å². The van der Waals surface area contributed by atoms with Gasteiger partial charge in [0.25, 0.3) is 11.8 Å². The fraction of sp³-hybridized carbons (Fsp3) is 0.350. The van der Waals surface area contributed by atoms with Crippen LogP contribution in [-0.2, 0) is 6.42 Å². The Morgan fingerprint density at radius 1 is 0.963 bits per heavy atom. The molecule has 27 heavy (non-hydrogen) atoms. The molecule has 2 amide bonds. The molecule has 0 aliphatic rings. The summed E-state index contributed by atoms with van der Waals surface area (Å²) < 4.78 is 5.12. The molecule has 0 bridgehead atoms. The molecule has 0 saturated carbocycles. The van der Waals surface area contributed by atoms with Crippen LogP contribution >= 0.6 is 0 Å². The molecule has 0 saturated heterocycles. The van der Waals surface area contributed by atoms with E-state index in [2.05, 4.69) is 15.6 Å². The molecule has 7 heteroatoms. The van der Waals surface area contributed by atoms with Crippen LogP contribution in [0.2, 0.25) is 0 Å². The number of aromatic nitrogens is 1. The van der Waals surface area contributed by atoms with Crippen LogP contribution in [0.1, 0.15) is 26.5 Å². The minimum Gasteiger partial charge on any atom is -0.497 e. The van der Waals surface area contributed by atoms with Crippen molar-refractivity contribution < 1.29 is 14.3 Å². The number of amides is 2. The predicted molar refractivity (Wildman–Crippen MR) is 104 cm³/mol. The maximum atomic E-state index is 12.3. The Morgan fingerprint density at radius 2 is 1.56 bits per heavy atom. The van der Waals surface area contributed by atoms with E-state index in [0.29, 0.717) is 19.5 Å². The molecule has 2 N–H and O–H groups in total. The zero-order chi connectivity index (χ0) is 19.6. The molecule has 7 nitrogen and oxygen atoms in total. The summed E-state index contributed by atoms with van der Waals surface area (Å²) in [6.45, 7) is 1.73. The SMILES string of the molecule is COc1ccc(CCNC(=O)c2cccc(C(=O)NCCN(C)C)n2)cc1. The first-order valence-corrected chi connectivity index (χ1v) is 8.80. The summed E-state index contributed by atoms with van der Waals surface area (Å²) in [5, 5.41) is 5.61. The standard InChI is InChI=1S/C20H26N4O3/c1-24(2)14-13-22-20(26)18-6-4-5-17(23-18)19(25)21-12-11-15-7-9-16(27-3)10-8-15/h4-10H,11-14H2,1-3H3,(H,21,25)(H,22,26). The van der Waals surface area contributed by atoms with Crippen LogP contribution in [0.15, 0.2) is 42.5 Å². The largest absolute Gasteiger partial charge is 0.497 e. The van der Waals surface area contributed by atoms with Crippen molar-refractivity contribution in [3.05, 3.63) is 59.4 Å². The first kappa shape index (κ1) is 20.4. The van der Waals surface area contributed by atoms with Gasteiger partial charge >= 0.3 is 0 Å². The van der Waals surface area contributed by atoms with Crippen molar-refractivity contribution in [2.45, 2.75) is 6.42 Å². The van der Waals surface area contributed by atoms with Gasteiger partial charge in [0, 0.05) is 19.6 Å². The summed E-state index contributed by atoms with van der Waals surface area (Å²) in [6.07, 6.45) is 0.695. The van der Waals surface area contributed by atoms with Gasteiger partial charge in [-0.05, 0) is 50.3 Å². The lowest BCUT2D eigenvalue weighted by Crippen LogP contribution is -2.32. The summed E-state index contributed by atoms with van der Waals surface area (Å²) in [4.78, 5) is 30.5. The molecular formula is C20H26N4O3. The van der Waals surface area contributed by atoms with Gasteiger partial charge in [0.1, 0.15) is 17.1 Å². The summed E-state index contributed by atoms with van der Waals surface area (Å²) in [7, 11) is 5.49. The Hall–Kier alpha value is -2.93.